The molecule has 1 unspecified atom stereocenters. The first-order valence-electron chi connectivity index (χ1n) is 11.8. The zero-order valence-corrected chi connectivity index (χ0v) is 20.9. The van der Waals surface area contributed by atoms with E-state index in [-0.39, 0.29) is 11.7 Å². The highest BCUT2D eigenvalue weighted by molar-refractivity contribution is 5.94. The third-order valence-corrected chi connectivity index (χ3v) is 6.60. The van der Waals surface area contributed by atoms with Gasteiger partial charge in [0.05, 0.1) is 14.2 Å². The molecule has 0 saturated heterocycles. The highest BCUT2D eigenvalue weighted by Crippen LogP contribution is 2.51. The standard InChI is InChI=1S/C29H30FN3O3/c1-5-33-25-15-14-21(35-3)18-23(25)29(2,19-22-24(30)12-9-13-26(22)36-4)27(33)16-17-31-32-28(34)20-10-7-6-8-11-20/h6-18H,5,19H2,1-4H3,(H,32,34)/b27-16-,31-17+. The third-order valence-electron chi connectivity index (χ3n) is 6.60. The average Bonchev–Trinajstić information content (AvgIpc) is 3.14. The van der Waals surface area contributed by atoms with Crippen molar-refractivity contribution in [3.05, 3.63) is 101 Å². The summed E-state index contributed by atoms with van der Waals surface area (Å²) in [4.78, 5) is 14.5. The van der Waals surface area contributed by atoms with Gasteiger partial charge < -0.3 is 14.4 Å². The van der Waals surface area contributed by atoms with Crippen molar-refractivity contribution in [2.24, 2.45) is 5.10 Å². The number of rotatable bonds is 8. The largest absolute Gasteiger partial charge is 0.497 e. The number of likely N-dealkylation sites (N-methyl/N-ethyl adjacent to an activating group) is 1. The number of hydrogen-bond acceptors (Lipinski definition) is 5. The van der Waals surface area contributed by atoms with Crippen LogP contribution in [0.2, 0.25) is 0 Å². The number of allylic oxidation sites excluding steroid dienone is 2. The van der Waals surface area contributed by atoms with Crippen molar-refractivity contribution >= 4 is 17.8 Å². The molecule has 3 aromatic carbocycles. The van der Waals surface area contributed by atoms with E-state index in [0.717, 1.165) is 22.7 Å². The molecular formula is C29H30FN3O3. The number of carbonyl (C=O) groups excluding carboxylic acids is 1. The fourth-order valence-electron chi connectivity index (χ4n) is 4.80. The molecule has 186 valence electrons. The monoisotopic (exact) mass is 487 g/mol. The van der Waals surface area contributed by atoms with Crippen LogP contribution >= 0.6 is 0 Å². The molecule has 3 aromatic rings. The molecule has 0 bridgehead atoms. The van der Waals surface area contributed by atoms with E-state index in [2.05, 4.69) is 29.3 Å². The Labute approximate surface area is 211 Å². The third kappa shape index (κ3) is 4.69. The van der Waals surface area contributed by atoms with Crippen LogP contribution in [0.4, 0.5) is 10.1 Å². The van der Waals surface area contributed by atoms with E-state index in [1.54, 1.807) is 56.8 Å². The van der Waals surface area contributed by atoms with Crippen molar-refractivity contribution in [1.29, 1.82) is 0 Å². The van der Waals surface area contributed by atoms with Gasteiger partial charge in [-0.25, -0.2) is 9.82 Å². The molecule has 0 saturated carbocycles. The van der Waals surface area contributed by atoms with Crippen LogP contribution in [0.3, 0.4) is 0 Å². The summed E-state index contributed by atoms with van der Waals surface area (Å²) in [7, 11) is 3.17. The van der Waals surface area contributed by atoms with Gasteiger partial charge >= 0.3 is 0 Å². The molecule has 1 atom stereocenters. The van der Waals surface area contributed by atoms with Gasteiger partial charge in [-0.1, -0.05) is 24.3 Å². The predicted molar refractivity (Wildman–Crippen MR) is 141 cm³/mol. The summed E-state index contributed by atoms with van der Waals surface area (Å²) in [6, 6.07) is 19.7. The highest BCUT2D eigenvalue weighted by Gasteiger charge is 2.44. The molecule has 6 nitrogen and oxygen atoms in total. The van der Waals surface area contributed by atoms with Crippen LogP contribution < -0.4 is 19.8 Å². The normalized spacial score (nSPS) is 17.9. The SMILES string of the molecule is CCN1/C(=C\C=N\NC(=O)c2ccccc2)C(C)(Cc2c(F)cccc2OC)c2cc(OC)ccc21. The molecular weight excluding hydrogens is 457 g/mol. The number of carbonyl (C=O) groups is 1. The lowest BCUT2D eigenvalue weighted by molar-refractivity contribution is 0.0955. The van der Waals surface area contributed by atoms with Crippen LogP contribution in [0.25, 0.3) is 0 Å². The van der Waals surface area contributed by atoms with E-state index < -0.39 is 5.41 Å². The van der Waals surface area contributed by atoms with E-state index in [1.807, 2.05) is 30.3 Å². The topological polar surface area (TPSA) is 63.2 Å². The Bertz CT molecular complexity index is 1310. The molecule has 0 spiro atoms. The molecule has 7 heteroatoms. The van der Waals surface area contributed by atoms with Crippen LogP contribution in [0.5, 0.6) is 11.5 Å². The quantitative estimate of drug-likeness (QED) is 0.338. The molecule has 0 aromatic heterocycles. The zero-order valence-electron chi connectivity index (χ0n) is 20.9. The smallest absolute Gasteiger partial charge is 0.271 e. The number of benzene rings is 3. The van der Waals surface area contributed by atoms with Crippen molar-refractivity contribution in [2.75, 3.05) is 25.7 Å². The van der Waals surface area contributed by atoms with E-state index >= 15 is 4.39 Å². The van der Waals surface area contributed by atoms with Gasteiger partial charge in [0.25, 0.3) is 5.91 Å². The van der Waals surface area contributed by atoms with Crippen LogP contribution in [-0.4, -0.2) is 32.9 Å². The number of hydrazone groups is 1. The van der Waals surface area contributed by atoms with Gasteiger partial charge in [0.2, 0.25) is 0 Å². The fourth-order valence-corrected chi connectivity index (χ4v) is 4.80. The van der Waals surface area contributed by atoms with Crippen LogP contribution in [0.15, 0.2) is 83.6 Å². The minimum Gasteiger partial charge on any atom is -0.497 e. The van der Waals surface area contributed by atoms with E-state index in [0.29, 0.717) is 29.8 Å². The summed E-state index contributed by atoms with van der Waals surface area (Å²) >= 11 is 0. The Morgan fingerprint density at radius 2 is 1.86 bits per heavy atom. The van der Waals surface area contributed by atoms with Gasteiger partial charge in [0, 0.05) is 40.7 Å². The first kappa shape index (κ1) is 25.0. The molecule has 1 aliphatic rings. The van der Waals surface area contributed by atoms with Gasteiger partial charge in [-0.3, -0.25) is 4.79 Å². The first-order valence-corrected chi connectivity index (χ1v) is 11.8. The number of nitrogens with zero attached hydrogens (tertiary/aromatic N) is 2. The van der Waals surface area contributed by atoms with Crippen molar-refractivity contribution < 1.29 is 18.7 Å². The van der Waals surface area contributed by atoms with Crippen LogP contribution in [0.1, 0.15) is 35.3 Å². The van der Waals surface area contributed by atoms with Gasteiger partial charge in [-0.2, -0.15) is 5.10 Å². The van der Waals surface area contributed by atoms with Crippen molar-refractivity contribution in [2.45, 2.75) is 25.7 Å². The van der Waals surface area contributed by atoms with Gasteiger partial charge in [0.1, 0.15) is 17.3 Å². The molecule has 1 aliphatic heterocycles. The van der Waals surface area contributed by atoms with E-state index in [1.165, 1.54) is 6.07 Å². The number of hydrogen-bond donors (Lipinski definition) is 1. The Morgan fingerprint density at radius 1 is 1.08 bits per heavy atom. The maximum absolute atomic E-state index is 15.0. The summed E-state index contributed by atoms with van der Waals surface area (Å²) < 4.78 is 26.0. The van der Waals surface area contributed by atoms with Crippen LogP contribution in [-0.2, 0) is 11.8 Å². The number of amides is 1. The Hall–Kier alpha value is -4.13. The molecule has 1 heterocycles. The second-order valence-electron chi connectivity index (χ2n) is 8.69. The molecule has 4 rings (SSSR count). The number of methoxy groups -OCH3 is 2. The Kier molecular flexibility index (Phi) is 7.38. The molecule has 0 radical (unpaired) electrons. The Morgan fingerprint density at radius 3 is 2.56 bits per heavy atom. The average molecular weight is 488 g/mol. The van der Waals surface area contributed by atoms with Crippen molar-refractivity contribution in [3.8, 4) is 11.5 Å². The van der Waals surface area contributed by atoms with Gasteiger partial charge in [0.15, 0.2) is 0 Å². The zero-order chi connectivity index (χ0) is 25.7. The number of ether oxygens (including phenoxy) is 2. The number of fused-ring (bicyclic) bond motifs is 1. The van der Waals surface area contributed by atoms with E-state index in [4.69, 9.17) is 9.47 Å². The number of halogens is 1. The van der Waals surface area contributed by atoms with Crippen molar-refractivity contribution in [1.82, 2.24) is 5.43 Å². The minimum absolute atomic E-state index is 0.295. The molecule has 1 N–H and O–H groups in total. The highest BCUT2D eigenvalue weighted by atomic mass is 19.1. The summed E-state index contributed by atoms with van der Waals surface area (Å²) in [5.41, 5.74) is 5.92. The summed E-state index contributed by atoms with van der Waals surface area (Å²) in [6.07, 6.45) is 3.79. The minimum atomic E-state index is -0.620. The van der Waals surface area contributed by atoms with Gasteiger partial charge in [-0.15, -0.1) is 0 Å². The van der Waals surface area contributed by atoms with Crippen LogP contribution in [0, 0.1) is 5.82 Å². The lowest BCUT2D eigenvalue weighted by Gasteiger charge is -2.30. The first-order chi connectivity index (χ1) is 17.4. The molecule has 1 amide bonds. The second kappa shape index (κ2) is 10.6. The fraction of sp³-hybridized carbons (Fsp3) is 0.241. The molecule has 0 fully saturated rings. The molecule has 36 heavy (non-hydrogen) atoms. The van der Waals surface area contributed by atoms with Crippen molar-refractivity contribution in [3.63, 3.8) is 0 Å². The predicted octanol–water partition coefficient (Wildman–Crippen LogP) is 5.48. The molecule has 0 aliphatic carbocycles. The van der Waals surface area contributed by atoms with Gasteiger partial charge in [-0.05, 0) is 74.4 Å². The maximum Gasteiger partial charge on any atom is 0.271 e. The number of anilines is 1. The summed E-state index contributed by atoms with van der Waals surface area (Å²) in [5.74, 6) is 0.606. The lowest BCUT2D eigenvalue weighted by Crippen LogP contribution is -2.31. The Balaban J connectivity index is 1.75. The maximum atomic E-state index is 15.0. The number of nitrogens with one attached hydrogen (secondary N) is 1. The lowest BCUT2D eigenvalue weighted by atomic mass is 9.76. The summed E-state index contributed by atoms with van der Waals surface area (Å²) in [6.45, 7) is 4.83. The van der Waals surface area contributed by atoms with E-state index in [9.17, 15) is 4.79 Å². The summed E-state index contributed by atoms with van der Waals surface area (Å²) in [5, 5.41) is 4.15. The second-order valence-corrected chi connectivity index (χ2v) is 8.69.